The summed E-state index contributed by atoms with van der Waals surface area (Å²) in [6.07, 6.45) is 0. The highest BCUT2D eigenvalue weighted by Gasteiger charge is 2.32. The molecule has 0 saturated carbocycles. The van der Waals surface area contributed by atoms with Crippen molar-refractivity contribution in [3.05, 3.63) is 137 Å². The maximum Gasteiger partial charge on any atom is 0.243 e. The highest BCUT2D eigenvalue weighted by Crippen LogP contribution is 2.29. The van der Waals surface area contributed by atoms with Crippen molar-refractivity contribution in [1.82, 2.24) is 14.1 Å². The van der Waals surface area contributed by atoms with Gasteiger partial charge in [0.15, 0.2) is 0 Å². The second-order valence-corrected chi connectivity index (χ2v) is 12.3. The Kier molecular flexibility index (Phi) is 8.93. The van der Waals surface area contributed by atoms with Crippen molar-refractivity contribution in [2.24, 2.45) is 0 Å². The summed E-state index contributed by atoms with van der Waals surface area (Å²) in [5.74, 6) is -0.654. The standard InChI is InChI=1S/C33H34FN3O3S/c1-26-12-18-31(19-13-26)41(39,40)37(24-27-14-16-30(34)17-15-27)25-32(38)35-20-22-36(23-21-35)33(28-8-4-2-5-9-28)29-10-6-3-7-11-29/h2-19,33H,20-25H2,1H3. The van der Waals surface area contributed by atoms with Gasteiger partial charge in [0.25, 0.3) is 0 Å². The maximum absolute atomic E-state index is 13.7. The average Bonchev–Trinajstić information content (AvgIpc) is 3.00. The lowest BCUT2D eigenvalue weighted by Crippen LogP contribution is -2.52. The van der Waals surface area contributed by atoms with Crippen molar-refractivity contribution in [2.45, 2.75) is 24.4 Å². The van der Waals surface area contributed by atoms with E-state index in [0.717, 1.165) is 5.56 Å². The van der Waals surface area contributed by atoms with Gasteiger partial charge < -0.3 is 4.90 Å². The number of hydrogen-bond donors (Lipinski definition) is 0. The van der Waals surface area contributed by atoms with Gasteiger partial charge in [0.05, 0.1) is 17.5 Å². The van der Waals surface area contributed by atoms with Gasteiger partial charge in [0.2, 0.25) is 15.9 Å². The number of rotatable bonds is 9. The molecular formula is C33H34FN3O3S. The first-order valence-corrected chi connectivity index (χ1v) is 15.2. The number of aryl methyl sites for hydroxylation is 1. The average molecular weight is 572 g/mol. The lowest BCUT2D eigenvalue weighted by atomic mass is 9.96. The number of amides is 1. The van der Waals surface area contributed by atoms with Crippen LogP contribution in [-0.2, 0) is 21.4 Å². The maximum atomic E-state index is 13.7. The van der Waals surface area contributed by atoms with Crippen LogP contribution in [0.1, 0.15) is 28.3 Å². The molecule has 212 valence electrons. The molecule has 0 bridgehead atoms. The zero-order chi connectivity index (χ0) is 28.8. The summed E-state index contributed by atoms with van der Waals surface area (Å²) in [4.78, 5) is 17.8. The third-order valence-electron chi connectivity index (χ3n) is 7.51. The number of sulfonamides is 1. The fourth-order valence-electron chi connectivity index (χ4n) is 5.24. The lowest BCUT2D eigenvalue weighted by Gasteiger charge is -2.40. The molecule has 1 amide bonds. The molecular weight excluding hydrogens is 537 g/mol. The topological polar surface area (TPSA) is 60.9 Å². The van der Waals surface area contributed by atoms with E-state index < -0.39 is 15.8 Å². The zero-order valence-corrected chi connectivity index (χ0v) is 23.9. The van der Waals surface area contributed by atoms with Crippen LogP contribution in [0.5, 0.6) is 0 Å². The minimum atomic E-state index is -3.97. The van der Waals surface area contributed by atoms with Crippen molar-refractivity contribution in [3.63, 3.8) is 0 Å². The van der Waals surface area contributed by atoms with Crippen molar-refractivity contribution in [3.8, 4) is 0 Å². The Labute approximate surface area is 241 Å². The fraction of sp³-hybridized carbons (Fsp3) is 0.242. The zero-order valence-electron chi connectivity index (χ0n) is 23.1. The van der Waals surface area contributed by atoms with Crippen LogP contribution in [0.25, 0.3) is 0 Å². The molecule has 0 aromatic heterocycles. The molecule has 4 aromatic rings. The number of piperazine rings is 1. The smallest absolute Gasteiger partial charge is 0.243 e. The van der Waals surface area contributed by atoms with Gasteiger partial charge in [-0.1, -0.05) is 90.5 Å². The van der Waals surface area contributed by atoms with Gasteiger partial charge in [-0.25, -0.2) is 12.8 Å². The third kappa shape index (κ3) is 6.90. The van der Waals surface area contributed by atoms with Gasteiger partial charge in [-0.3, -0.25) is 9.69 Å². The van der Waals surface area contributed by atoms with Gasteiger partial charge >= 0.3 is 0 Å². The second kappa shape index (κ2) is 12.8. The van der Waals surface area contributed by atoms with Crippen LogP contribution in [0.15, 0.2) is 114 Å². The monoisotopic (exact) mass is 571 g/mol. The predicted octanol–water partition coefficient (Wildman–Crippen LogP) is 5.26. The van der Waals surface area contributed by atoms with Crippen molar-refractivity contribution >= 4 is 15.9 Å². The molecule has 0 unspecified atom stereocenters. The van der Waals surface area contributed by atoms with Crippen molar-refractivity contribution in [2.75, 3.05) is 32.7 Å². The van der Waals surface area contributed by atoms with E-state index in [-0.39, 0.29) is 29.9 Å². The summed E-state index contributed by atoms with van der Waals surface area (Å²) in [5, 5.41) is 0. The lowest BCUT2D eigenvalue weighted by molar-refractivity contribution is -0.133. The van der Waals surface area contributed by atoms with Gasteiger partial charge in [-0.05, 0) is 47.9 Å². The highest BCUT2D eigenvalue weighted by atomic mass is 32.2. The molecule has 6 nitrogen and oxygen atoms in total. The Morgan fingerprint density at radius 2 is 1.32 bits per heavy atom. The summed E-state index contributed by atoms with van der Waals surface area (Å²) in [7, 11) is -3.97. The van der Waals surface area contributed by atoms with Crippen LogP contribution >= 0.6 is 0 Å². The second-order valence-electron chi connectivity index (χ2n) is 10.4. The number of benzene rings is 4. The molecule has 1 heterocycles. The molecule has 1 fully saturated rings. The summed E-state index contributed by atoms with van der Waals surface area (Å²) < 4.78 is 42.0. The largest absolute Gasteiger partial charge is 0.339 e. The minimum Gasteiger partial charge on any atom is -0.339 e. The normalized spacial score (nSPS) is 14.5. The van der Waals surface area contributed by atoms with Gasteiger partial charge in [0.1, 0.15) is 5.82 Å². The Morgan fingerprint density at radius 1 is 0.780 bits per heavy atom. The van der Waals surface area contributed by atoms with E-state index in [1.807, 2.05) is 43.3 Å². The Bertz CT molecular complexity index is 1500. The number of halogens is 1. The molecule has 8 heteroatoms. The van der Waals surface area contributed by atoms with Crippen LogP contribution in [0, 0.1) is 12.7 Å². The van der Waals surface area contributed by atoms with Crippen LogP contribution in [0.4, 0.5) is 4.39 Å². The van der Waals surface area contributed by atoms with Crippen molar-refractivity contribution in [1.29, 1.82) is 0 Å². The van der Waals surface area contributed by atoms with Gasteiger partial charge in [-0.15, -0.1) is 0 Å². The van der Waals surface area contributed by atoms with Crippen LogP contribution in [0.3, 0.4) is 0 Å². The molecule has 0 radical (unpaired) electrons. The fourth-order valence-corrected chi connectivity index (χ4v) is 6.62. The van der Waals surface area contributed by atoms with Crippen LogP contribution < -0.4 is 0 Å². The first-order valence-electron chi connectivity index (χ1n) is 13.7. The highest BCUT2D eigenvalue weighted by molar-refractivity contribution is 7.89. The van der Waals surface area contributed by atoms with E-state index in [2.05, 4.69) is 29.2 Å². The molecule has 0 N–H and O–H groups in total. The summed E-state index contributed by atoms with van der Waals surface area (Å²) in [5.41, 5.74) is 3.92. The van der Waals surface area contributed by atoms with E-state index >= 15 is 0 Å². The summed E-state index contributed by atoms with van der Waals surface area (Å²) >= 11 is 0. The van der Waals surface area contributed by atoms with Gasteiger partial charge in [-0.2, -0.15) is 4.31 Å². The molecule has 1 aliphatic heterocycles. The predicted molar refractivity (Wildman–Crippen MR) is 158 cm³/mol. The molecule has 1 saturated heterocycles. The summed E-state index contributed by atoms with van der Waals surface area (Å²) in [6, 6.07) is 33.0. The van der Waals surface area contributed by atoms with E-state index in [0.29, 0.717) is 31.7 Å². The Hall–Kier alpha value is -3.85. The van der Waals surface area contributed by atoms with E-state index in [1.165, 1.54) is 27.6 Å². The number of nitrogens with zero attached hydrogens (tertiary/aromatic N) is 3. The molecule has 41 heavy (non-hydrogen) atoms. The molecule has 0 atom stereocenters. The molecule has 4 aromatic carbocycles. The van der Waals surface area contributed by atoms with E-state index in [4.69, 9.17) is 0 Å². The Morgan fingerprint density at radius 3 is 1.85 bits per heavy atom. The Balaban J connectivity index is 1.32. The number of carbonyl (C=O) groups excluding carboxylic acids is 1. The number of carbonyl (C=O) groups is 1. The van der Waals surface area contributed by atoms with Crippen molar-refractivity contribution < 1.29 is 17.6 Å². The summed E-state index contributed by atoms with van der Waals surface area (Å²) in [6.45, 7) is 3.84. The van der Waals surface area contributed by atoms with Crippen LogP contribution in [0.2, 0.25) is 0 Å². The number of hydrogen-bond acceptors (Lipinski definition) is 4. The van der Waals surface area contributed by atoms with E-state index in [9.17, 15) is 17.6 Å². The first-order chi connectivity index (χ1) is 19.8. The molecule has 5 rings (SSSR count). The van der Waals surface area contributed by atoms with E-state index in [1.54, 1.807) is 41.3 Å². The molecule has 0 spiro atoms. The molecule has 1 aliphatic rings. The quantitative estimate of drug-likeness (QED) is 0.275. The molecule has 0 aliphatic carbocycles. The third-order valence-corrected chi connectivity index (χ3v) is 9.31. The van der Waals surface area contributed by atoms with Gasteiger partial charge in [0, 0.05) is 32.7 Å². The SMILES string of the molecule is Cc1ccc(S(=O)(=O)N(CC(=O)N2CCN(C(c3ccccc3)c3ccccc3)CC2)Cc2ccc(F)cc2)cc1. The minimum absolute atomic E-state index is 0.0354. The first kappa shape index (κ1) is 28.7. The van der Waals surface area contributed by atoms with Crippen LogP contribution in [-0.4, -0.2) is 61.2 Å².